The molecule has 20 heavy (non-hydrogen) atoms. The number of fused-ring (bicyclic) bond motifs is 1. The molecule has 0 aromatic carbocycles. The monoisotopic (exact) mass is 278 g/mol. The van der Waals surface area contributed by atoms with E-state index in [-0.39, 0.29) is 11.7 Å². The summed E-state index contributed by atoms with van der Waals surface area (Å²) in [5, 5.41) is 19.9. The number of allylic oxidation sites excluding steroid dienone is 2. The molecule has 2 aliphatic carbocycles. The Kier molecular flexibility index (Phi) is 3.21. The molecule has 0 aromatic heterocycles. The first-order valence-electron chi connectivity index (χ1n) is 6.89. The van der Waals surface area contributed by atoms with Crippen molar-refractivity contribution in [3.8, 4) is 0 Å². The Hall–Kier alpha value is -1.42. The van der Waals surface area contributed by atoms with Gasteiger partial charge < -0.3 is 10.2 Å². The predicted molar refractivity (Wildman–Crippen MR) is 75.1 cm³/mol. The highest BCUT2D eigenvalue weighted by molar-refractivity contribution is 5.87. The highest BCUT2D eigenvalue weighted by Crippen LogP contribution is 2.69. The van der Waals surface area contributed by atoms with E-state index in [2.05, 4.69) is 0 Å². The molecule has 0 amide bonds. The van der Waals surface area contributed by atoms with Gasteiger partial charge in [0.2, 0.25) is 0 Å². The van der Waals surface area contributed by atoms with E-state index in [1.807, 2.05) is 20.8 Å². The first kappa shape index (κ1) is 15.0. The van der Waals surface area contributed by atoms with Crippen molar-refractivity contribution in [2.75, 3.05) is 0 Å². The maximum absolute atomic E-state index is 12.0. The van der Waals surface area contributed by atoms with Gasteiger partial charge in [-0.3, -0.25) is 4.79 Å². The molecule has 2 N–H and O–H groups in total. The summed E-state index contributed by atoms with van der Waals surface area (Å²) in [6.07, 6.45) is 5.50. The van der Waals surface area contributed by atoms with Gasteiger partial charge in [0, 0.05) is 29.2 Å². The van der Waals surface area contributed by atoms with Crippen LogP contribution >= 0.6 is 0 Å². The van der Waals surface area contributed by atoms with Crippen molar-refractivity contribution in [1.29, 1.82) is 0 Å². The molecule has 2 aliphatic rings. The highest BCUT2D eigenvalue weighted by Gasteiger charge is 2.72. The fourth-order valence-electron chi connectivity index (χ4n) is 3.63. The third-order valence-corrected chi connectivity index (χ3v) is 5.08. The van der Waals surface area contributed by atoms with Gasteiger partial charge in [-0.1, -0.05) is 32.9 Å². The SMILES string of the molecule is CC(=C/C(=O)O)/C=C/[C@]1(O)C(C)(C)CC(=O)[C@@H]2C[C@@]21C. The molecule has 0 radical (unpaired) electrons. The zero-order chi connectivity index (χ0) is 15.3. The molecule has 0 heterocycles. The van der Waals surface area contributed by atoms with Gasteiger partial charge in [-0.25, -0.2) is 4.79 Å². The lowest BCUT2D eigenvalue weighted by Gasteiger charge is -2.48. The van der Waals surface area contributed by atoms with Gasteiger partial charge in [0.25, 0.3) is 0 Å². The Bertz CT molecular complexity index is 522. The number of ketones is 1. The van der Waals surface area contributed by atoms with Crippen molar-refractivity contribution in [1.82, 2.24) is 0 Å². The number of carbonyl (C=O) groups is 2. The van der Waals surface area contributed by atoms with Crippen LogP contribution in [0.1, 0.15) is 40.5 Å². The minimum atomic E-state index is -1.09. The third-order valence-electron chi connectivity index (χ3n) is 5.08. The van der Waals surface area contributed by atoms with Crippen LogP contribution in [0.4, 0.5) is 0 Å². The maximum Gasteiger partial charge on any atom is 0.328 e. The van der Waals surface area contributed by atoms with E-state index < -0.39 is 22.4 Å². The molecule has 2 rings (SSSR count). The summed E-state index contributed by atoms with van der Waals surface area (Å²) in [6.45, 7) is 7.41. The van der Waals surface area contributed by atoms with Crippen molar-refractivity contribution < 1.29 is 19.8 Å². The van der Waals surface area contributed by atoms with Crippen LogP contribution in [-0.4, -0.2) is 27.6 Å². The van der Waals surface area contributed by atoms with E-state index in [9.17, 15) is 14.7 Å². The van der Waals surface area contributed by atoms with E-state index in [1.165, 1.54) is 0 Å². The maximum atomic E-state index is 12.0. The van der Waals surface area contributed by atoms with Crippen LogP contribution in [0.15, 0.2) is 23.8 Å². The molecule has 110 valence electrons. The average Bonchev–Trinajstić information content (AvgIpc) is 2.97. The largest absolute Gasteiger partial charge is 0.478 e. The van der Waals surface area contributed by atoms with E-state index >= 15 is 0 Å². The van der Waals surface area contributed by atoms with Crippen LogP contribution in [0.3, 0.4) is 0 Å². The number of carboxylic acids is 1. The molecular weight excluding hydrogens is 256 g/mol. The molecule has 0 aromatic rings. The second-order valence-electron chi connectivity index (χ2n) is 7.03. The van der Waals surface area contributed by atoms with Crippen LogP contribution < -0.4 is 0 Å². The van der Waals surface area contributed by atoms with Gasteiger partial charge in [0.1, 0.15) is 5.78 Å². The fourth-order valence-corrected chi connectivity index (χ4v) is 3.63. The standard InChI is InChI=1S/C16H22O4/c1-10(7-13(18)19)5-6-16(20)14(2,3)9-12(17)11-8-15(11,16)4/h5-7,11,20H,8-9H2,1-4H3,(H,18,19)/b6-5+,10-7-/t11-,15-,16-/m0/s1. The summed E-state index contributed by atoms with van der Waals surface area (Å²) in [4.78, 5) is 22.6. The van der Waals surface area contributed by atoms with Crippen molar-refractivity contribution in [3.05, 3.63) is 23.8 Å². The van der Waals surface area contributed by atoms with Crippen molar-refractivity contribution in [3.63, 3.8) is 0 Å². The van der Waals surface area contributed by atoms with Crippen molar-refractivity contribution in [2.24, 2.45) is 16.7 Å². The van der Waals surface area contributed by atoms with E-state index in [0.717, 1.165) is 6.08 Å². The van der Waals surface area contributed by atoms with Crippen LogP contribution in [-0.2, 0) is 9.59 Å². The van der Waals surface area contributed by atoms with Crippen LogP contribution in [0, 0.1) is 16.7 Å². The number of Topliss-reactive ketones (excluding diaryl/α,β-unsaturated/α-hetero) is 1. The number of hydrogen-bond donors (Lipinski definition) is 2. The average molecular weight is 278 g/mol. The van der Waals surface area contributed by atoms with Gasteiger partial charge in [-0.2, -0.15) is 0 Å². The van der Waals surface area contributed by atoms with Gasteiger partial charge in [0.05, 0.1) is 5.60 Å². The van der Waals surface area contributed by atoms with Gasteiger partial charge >= 0.3 is 5.97 Å². The van der Waals surface area contributed by atoms with Crippen LogP contribution in [0.25, 0.3) is 0 Å². The molecule has 3 atom stereocenters. The number of rotatable bonds is 3. The summed E-state index contributed by atoms with van der Waals surface area (Å²) in [5.74, 6) is -0.838. The zero-order valence-corrected chi connectivity index (χ0v) is 12.4. The minimum Gasteiger partial charge on any atom is -0.478 e. The Morgan fingerprint density at radius 3 is 2.50 bits per heavy atom. The van der Waals surface area contributed by atoms with Gasteiger partial charge in [0.15, 0.2) is 0 Å². The van der Waals surface area contributed by atoms with Crippen LogP contribution in [0.5, 0.6) is 0 Å². The second-order valence-corrected chi connectivity index (χ2v) is 7.03. The zero-order valence-electron chi connectivity index (χ0n) is 12.4. The van der Waals surface area contributed by atoms with Gasteiger partial charge in [-0.15, -0.1) is 0 Å². The Morgan fingerprint density at radius 2 is 1.95 bits per heavy atom. The summed E-state index contributed by atoms with van der Waals surface area (Å²) in [5.41, 5.74) is -1.50. The van der Waals surface area contributed by atoms with Crippen LogP contribution in [0.2, 0.25) is 0 Å². The number of carbonyl (C=O) groups excluding carboxylic acids is 1. The molecule has 0 aliphatic heterocycles. The number of hydrogen-bond acceptors (Lipinski definition) is 3. The third kappa shape index (κ3) is 2.03. The van der Waals surface area contributed by atoms with Crippen molar-refractivity contribution >= 4 is 11.8 Å². The summed E-state index contributed by atoms with van der Waals surface area (Å²) in [6, 6.07) is 0. The Labute approximate surface area is 119 Å². The summed E-state index contributed by atoms with van der Waals surface area (Å²) < 4.78 is 0. The normalized spacial score (nSPS) is 39.8. The molecule has 0 unspecified atom stereocenters. The topological polar surface area (TPSA) is 74.6 Å². The van der Waals surface area contributed by atoms with Gasteiger partial charge in [-0.05, 0) is 18.9 Å². The first-order valence-corrected chi connectivity index (χ1v) is 6.89. The molecule has 0 spiro atoms. The molecular formula is C16H22O4. The lowest BCUT2D eigenvalue weighted by molar-refractivity contribution is -0.144. The molecule has 4 nitrogen and oxygen atoms in total. The molecule has 4 heteroatoms. The summed E-state index contributed by atoms with van der Waals surface area (Å²) in [7, 11) is 0. The minimum absolute atomic E-state index is 0.0612. The van der Waals surface area contributed by atoms with E-state index in [1.54, 1.807) is 19.1 Å². The highest BCUT2D eigenvalue weighted by atomic mass is 16.4. The molecule has 2 fully saturated rings. The Morgan fingerprint density at radius 1 is 1.35 bits per heavy atom. The predicted octanol–water partition coefficient (Wildman–Crippen LogP) is 2.33. The number of aliphatic hydroxyl groups is 1. The summed E-state index contributed by atoms with van der Waals surface area (Å²) >= 11 is 0. The second kappa shape index (κ2) is 4.29. The molecule has 2 saturated carbocycles. The molecule has 0 bridgehead atoms. The van der Waals surface area contributed by atoms with E-state index in [4.69, 9.17) is 5.11 Å². The number of aliphatic carboxylic acids is 1. The van der Waals surface area contributed by atoms with E-state index in [0.29, 0.717) is 18.4 Å². The Balaban J connectivity index is 2.35. The first-order chi connectivity index (χ1) is 9.03. The smallest absolute Gasteiger partial charge is 0.328 e. The van der Waals surface area contributed by atoms with Crippen molar-refractivity contribution in [2.45, 2.75) is 46.1 Å². The fraction of sp³-hybridized carbons (Fsp3) is 0.625. The lowest BCUT2D eigenvalue weighted by Crippen LogP contribution is -2.54. The quantitative estimate of drug-likeness (QED) is 0.613. The number of carboxylic acid groups (broad SMARTS) is 1. The molecule has 0 saturated heterocycles. The lowest BCUT2D eigenvalue weighted by atomic mass is 9.59.